The number of fused-ring (bicyclic) bond motifs is 1. The summed E-state index contributed by atoms with van der Waals surface area (Å²) in [7, 11) is 0. The number of nitrogens with one attached hydrogen (secondary N) is 2. The largest absolute Gasteiger partial charge is 0.335 e. The Kier molecular flexibility index (Phi) is 3.62. The first-order valence-electron chi connectivity index (χ1n) is 10.3. The molecular formula is C22H30N2O. The van der Waals surface area contributed by atoms with E-state index < -0.39 is 0 Å². The fourth-order valence-electron chi connectivity index (χ4n) is 6.87. The molecule has 3 heteroatoms. The molecule has 5 aliphatic rings. The molecule has 4 fully saturated rings. The number of carbonyl (C=O) groups is 1. The third-order valence-electron chi connectivity index (χ3n) is 7.71. The molecule has 5 aliphatic carbocycles. The summed E-state index contributed by atoms with van der Waals surface area (Å²) in [4.78, 5) is 12.6. The van der Waals surface area contributed by atoms with Crippen LogP contribution in [-0.4, -0.2) is 12.1 Å². The number of aryl methyl sites for hydroxylation is 2. The minimum Gasteiger partial charge on any atom is -0.335 e. The number of urea groups is 1. The van der Waals surface area contributed by atoms with Crippen LogP contribution in [0.1, 0.15) is 63.0 Å². The van der Waals surface area contributed by atoms with Gasteiger partial charge < -0.3 is 10.6 Å². The zero-order chi connectivity index (χ0) is 17.0. The van der Waals surface area contributed by atoms with Gasteiger partial charge in [0.1, 0.15) is 0 Å². The highest BCUT2D eigenvalue weighted by molar-refractivity contribution is 5.89. The normalized spacial score (nSPS) is 36.1. The van der Waals surface area contributed by atoms with E-state index in [9.17, 15) is 4.79 Å². The summed E-state index contributed by atoms with van der Waals surface area (Å²) in [5, 5.41) is 6.39. The van der Waals surface area contributed by atoms with Gasteiger partial charge >= 0.3 is 6.03 Å². The summed E-state index contributed by atoms with van der Waals surface area (Å²) in [6.07, 6.45) is 11.9. The van der Waals surface area contributed by atoms with Gasteiger partial charge in [-0.05, 0) is 111 Å². The molecule has 25 heavy (non-hydrogen) atoms. The Labute approximate surface area is 151 Å². The van der Waals surface area contributed by atoms with Gasteiger partial charge in [-0.3, -0.25) is 0 Å². The van der Waals surface area contributed by atoms with E-state index in [1.807, 2.05) is 0 Å². The zero-order valence-electron chi connectivity index (χ0n) is 15.3. The lowest BCUT2D eigenvalue weighted by atomic mass is 9.48. The van der Waals surface area contributed by atoms with E-state index in [1.165, 1.54) is 62.5 Å². The smallest absolute Gasteiger partial charge is 0.319 e. The number of anilines is 1. The van der Waals surface area contributed by atoms with Crippen LogP contribution in [0.15, 0.2) is 18.2 Å². The fourth-order valence-corrected chi connectivity index (χ4v) is 6.87. The quantitative estimate of drug-likeness (QED) is 0.808. The fraction of sp³-hybridized carbons (Fsp3) is 0.682. The van der Waals surface area contributed by atoms with Crippen molar-refractivity contribution in [2.75, 3.05) is 5.32 Å². The van der Waals surface area contributed by atoms with Gasteiger partial charge in [0, 0.05) is 11.7 Å². The lowest BCUT2D eigenvalue weighted by Crippen LogP contribution is -2.56. The maximum Gasteiger partial charge on any atom is 0.319 e. The van der Waals surface area contributed by atoms with Gasteiger partial charge in [-0.2, -0.15) is 0 Å². The van der Waals surface area contributed by atoms with Crippen molar-refractivity contribution in [3.8, 4) is 0 Å². The van der Waals surface area contributed by atoms with Crippen LogP contribution >= 0.6 is 0 Å². The summed E-state index contributed by atoms with van der Waals surface area (Å²) in [5.41, 5.74) is 4.17. The molecule has 1 aromatic carbocycles. The Hall–Kier alpha value is -1.51. The van der Waals surface area contributed by atoms with Crippen LogP contribution in [0.25, 0.3) is 0 Å². The molecule has 1 unspecified atom stereocenters. The van der Waals surface area contributed by atoms with Crippen molar-refractivity contribution >= 4 is 11.7 Å². The Morgan fingerprint density at radius 2 is 1.68 bits per heavy atom. The molecule has 3 nitrogen and oxygen atoms in total. The van der Waals surface area contributed by atoms with Crippen LogP contribution in [0.2, 0.25) is 0 Å². The molecule has 0 aliphatic heterocycles. The van der Waals surface area contributed by atoms with Crippen molar-refractivity contribution in [1.82, 2.24) is 5.32 Å². The summed E-state index contributed by atoms with van der Waals surface area (Å²) < 4.78 is 0. The highest BCUT2D eigenvalue weighted by Crippen LogP contribution is 2.61. The number of benzene rings is 1. The Morgan fingerprint density at radius 3 is 2.36 bits per heavy atom. The van der Waals surface area contributed by atoms with Crippen LogP contribution in [0.5, 0.6) is 0 Å². The third kappa shape index (κ3) is 2.76. The first-order valence-corrected chi connectivity index (χ1v) is 10.3. The van der Waals surface area contributed by atoms with Crippen LogP contribution in [0.4, 0.5) is 10.5 Å². The van der Waals surface area contributed by atoms with Crippen molar-refractivity contribution in [2.45, 2.75) is 70.8 Å². The number of hydrogen-bond acceptors (Lipinski definition) is 1. The van der Waals surface area contributed by atoms with Crippen molar-refractivity contribution in [3.63, 3.8) is 0 Å². The minimum atomic E-state index is -0.0267. The van der Waals surface area contributed by atoms with Crippen LogP contribution in [-0.2, 0) is 12.8 Å². The highest BCUT2D eigenvalue weighted by Gasteiger charge is 2.53. The topological polar surface area (TPSA) is 41.1 Å². The summed E-state index contributed by atoms with van der Waals surface area (Å²) in [5.74, 6) is 2.78. The first-order chi connectivity index (χ1) is 12.1. The first kappa shape index (κ1) is 15.7. The Balaban J connectivity index is 1.25. The molecule has 0 radical (unpaired) electrons. The molecule has 6 rings (SSSR count). The van der Waals surface area contributed by atoms with Gasteiger partial charge in [-0.1, -0.05) is 6.07 Å². The van der Waals surface area contributed by atoms with E-state index in [4.69, 9.17) is 0 Å². The van der Waals surface area contributed by atoms with Crippen LogP contribution in [0, 0.1) is 23.2 Å². The second-order valence-electron chi connectivity index (χ2n) is 9.44. The summed E-state index contributed by atoms with van der Waals surface area (Å²) in [6.45, 7) is 2.25. The molecule has 0 saturated heterocycles. The second kappa shape index (κ2) is 5.75. The second-order valence-corrected chi connectivity index (χ2v) is 9.44. The number of rotatable bonds is 3. The van der Waals surface area contributed by atoms with E-state index in [-0.39, 0.29) is 12.1 Å². The third-order valence-corrected chi connectivity index (χ3v) is 7.71. The van der Waals surface area contributed by atoms with E-state index in [2.05, 4.69) is 35.8 Å². The van der Waals surface area contributed by atoms with Gasteiger partial charge in [0.15, 0.2) is 0 Å². The number of amides is 2. The van der Waals surface area contributed by atoms with E-state index in [1.54, 1.807) is 0 Å². The van der Waals surface area contributed by atoms with Gasteiger partial charge in [0.25, 0.3) is 0 Å². The molecule has 0 heterocycles. The van der Waals surface area contributed by atoms with Crippen molar-refractivity contribution in [1.29, 1.82) is 0 Å². The lowest BCUT2D eigenvalue weighted by Gasteiger charge is -2.59. The average molecular weight is 338 g/mol. The van der Waals surface area contributed by atoms with Gasteiger partial charge in [0.05, 0.1) is 0 Å². The van der Waals surface area contributed by atoms with E-state index in [0.29, 0.717) is 5.41 Å². The molecule has 4 saturated carbocycles. The van der Waals surface area contributed by atoms with Gasteiger partial charge in [-0.15, -0.1) is 0 Å². The van der Waals surface area contributed by atoms with Gasteiger partial charge in [-0.25, -0.2) is 4.79 Å². The molecule has 2 amide bonds. The van der Waals surface area contributed by atoms with E-state index in [0.717, 1.165) is 29.9 Å². The van der Waals surface area contributed by atoms with Crippen molar-refractivity contribution in [2.24, 2.45) is 23.2 Å². The average Bonchev–Trinajstić information content (AvgIpc) is 3.01. The number of carbonyl (C=O) groups excluding carboxylic acids is 1. The predicted molar refractivity (Wildman–Crippen MR) is 101 cm³/mol. The Bertz CT molecular complexity index is 660. The van der Waals surface area contributed by atoms with Crippen molar-refractivity contribution in [3.05, 3.63) is 29.3 Å². The molecule has 4 bridgehead atoms. The molecular weight excluding hydrogens is 308 g/mol. The molecule has 2 N–H and O–H groups in total. The van der Waals surface area contributed by atoms with Crippen molar-refractivity contribution < 1.29 is 4.79 Å². The summed E-state index contributed by atoms with van der Waals surface area (Å²) >= 11 is 0. The number of hydrogen-bond donors (Lipinski definition) is 2. The molecule has 1 atom stereocenters. The molecule has 1 aromatic rings. The Morgan fingerprint density at radius 1 is 1.04 bits per heavy atom. The molecule has 134 valence electrons. The zero-order valence-corrected chi connectivity index (χ0v) is 15.3. The van der Waals surface area contributed by atoms with Crippen LogP contribution < -0.4 is 10.6 Å². The highest BCUT2D eigenvalue weighted by atomic mass is 16.2. The maximum atomic E-state index is 12.6. The summed E-state index contributed by atoms with van der Waals surface area (Å²) in [6, 6.07) is 6.65. The SMILES string of the molecule is CC(NC(=O)Nc1ccc2c(c1)CCC2)C12CC3CC(CC(C3)C1)C2. The minimum absolute atomic E-state index is 0.0267. The van der Waals surface area contributed by atoms with Gasteiger partial charge in [0.2, 0.25) is 0 Å². The maximum absolute atomic E-state index is 12.6. The molecule has 0 spiro atoms. The van der Waals surface area contributed by atoms with E-state index >= 15 is 0 Å². The predicted octanol–water partition coefficient (Wildman–Crippen LogP) is 4.90. The standard InChI is InChI=1S/C22H30N2O/c1-14(22-11-15-7-16(12-22)9-17(8-15)13-22)23-21(25)24-20-6-5-18-3-2-4-19(18)10-20/h5-6,10,14-17H,2-4,7-9,11-13H2,1H3,(H2,23,24,25). The lowest BCUT2D eigenvalue weighted by molar-refractivity contribution is -0.0679. The monoisotopic (exact) mass is 338 g/mol. The van der Waals surface area contributed by atoms with Crippen LogP contribution in [0.3, 0.4) is 0 Å². The molecule has 0 aromatic heterocycles.